The third-order valence-corrected chi connectivity index (χ3v) is 4.10. The minimum atomic E-state index is 0.135. The lowest BCUT2D eigenvalue weighted by Gasteiger charge is -2.17. The van der Waals surface area contributed by atoms with Crippen LogP contribution in [0.4, 0.5) is 0 Å². The van der Waals surface area contributed by atoms with Crippen molar-refractivity contribution in [3.8, 4) is 0 Å². The molecular formula is C15H27N3. The summed E-state index contributed by atoms with van der Waals surface area (Å²) < 4.78 is 2.27. The molecule has 0 spiro atoms. The van der Waals surface area contributed by atoms with Gasteiger partial charge < -0.3 is 10.3 Å². The molecule has 1 unspecified atom stereocenters. The van der Waals surface area contributed by atoms with E-state index in [1.807, 2.05) is 12.5 Å². The summed E-state index contributed by atoms with van der Waals surface area (Å²) in [5.41, 5.74) is 7.47. The first-order valence-corrected chi connectivity index (χ1v) is 7.42. The van der Waals surface area contributed by atoms with Crippen molar-refractivity contribution in [2.75, 3.05) is 0 Å². The Hall–Kier alpha value is -0.830. The molecule has 1 fully saturated rings. The smallest absolute Gasteiger partial charge is 0.0948 e. The van der Waals surface area contributed by atoms with Gasteiger partial charge in [0.1, 0.15) is 0 Å². The molecule has 1 aliphatic rings. The van der Waals surface area contributed by atoms with Crippen molar-refractivity contribution in [3.63, 3.8) is 0 Å². The molecule has 0 aromatic carbocycles. The van der Waals surface area contributed by atoms with Gasteiger partial charge in [-0.1, -0.05) is 39.5 Å². The van der Waals surface area contributed by atoms with Crippen molar-refractivity contribution < 1.29 is 0 Å². The SMILES string of the molecule is CC(C)CC(N)c1cncn1CCC1CCCC1. The summed E-state index contributed by atoms with van der Waals surface area (Å²) >= 11 is 0. The van der Waals surface area contributed by atoms with E-state index in [4.69, 9.17) is 5.73 Å². The fourth-order valence-electron chi connectivity index (χ4n) is 3.08. The van der Waals surface area contributed by atoms with E-state index in [2.05, 4.69) is 23.4 Å². The lowest BCUT2D eigenvalue weighted by Crippen LogP contribution is -2.18. The van der Waals surface area contributed by atoms with Crippen LogP contribution in [0.15, 0.2) is 12.5 Å². The van der Waals surface area contributed by atoms with Crippen molar-refractivity contribution in [1.29, 1.82) is 0 Å². The zero-order valence-corrected chi connectivity index (χ0v) is 11.8. The van der Waals surface area contributed by atoms with Gasteiger partial charge in [0.25, 0.3) is 0 Å². The Bertz CT molecular complexity index is 350. The van der Waals surface area contributed by atoms with Crippen LogP contribution in [-0.2, 0) is 6.54 Å². The third kappa shape index (κ3) is 3.58. The highest BCUT2D eigenvalue weighted by Gasteiger charge is 2.17. The molecule has 0 aliphatic heterocycles. The fraction of sp³-hybridized carbons (Fsp3) is 0.800. The molecule has 102 valence electrons. The number of hydrogen-bond acceptors (Lipinski definition) is 2. The number of hydrogen-bond donors (Lipinski definition) is 1. The Morgan fingerprint density at radius 1 is 1.39 bits per heavy atom. The molecule has 1 heterocycles. The van der Waals surface area contributed by atoms with E-state index < -0.39 is 0 Å². The fourth-order valence-corrected chi connectivity index (χ4v) is 3.08. The maximum Gasteiger partial charge on any atom is 0.0948 e. The van der Waals surface area contributed by atoms with Crippen LogP contribution in [0.5, 0.6) is 0 Å². The highest BCUT2D eigenvalue weighted by atomic mass is 15.1. The van der Waals surface area contributed by atoms with Crippen LogP contribution in [0.3, 0.4) is 0 Å². The van der Waals surface area contributed by atoms with E-state index in [0.29, 0.717) is 5.92 Å². The number of aromatic nitrogens is 2. The second-order valence-corrected chi connectivity index (χ2v) is 6.19. The summed E-state index contributed by atoms with van der Waals surface area (Å²) in [6, 6.07) is 0.135. The third-order valence-electron chi connectivity index (χ3n) is 4.10. The summed E-state index contributed by atoms with van der Waals surface area (Å²) in [5, 5.41) is 0. The molecule has 0 bridgehead atoms. The Morgan fingerprint density at radius 3 is 2.78 bits per heavy atom. The van der Waals surface area contributed by atoms with Gasteiger partial charge in [-0.05, 0) is 24.7 Å². The van der Waals surface area contributed by atoms with Crippen molar-refractivity contribution in [1.82, 2.24) is 9.55 Å². The van der Waals surface area contributed by atoms with E-state index in [0.717, 1.165) is 18.9 Å². The summed E-state index contributed by atoms with van der Waals surface area (Å²) in [6.45, 7) is 5.53. The highest BCUT2D eigenvalue weighted by Crippen LogP contribution is 2.28. The van der Waals surface area contributed by atoms with Gasteiger partial charge in [-0.15, -0.1) is 0 Å². The number of nitrogens with two attached hydrogens (primary N) is 1. The second-order valence-electron chi connectivity index (χ2n) is 6.19. The molecule has 1 saturated carbocycles. The molecule has 3 nitrogen and oxygen atoms in total. The average Bonchev–Trinajstić information content (AvgIpc) is 2.96. The Labute approximate surface area is 111 Å². The summed E-state index contributed by atoms with van der Waals surface area (Å²) in [4.78, 5) is 4.28. The first kappa shape index (κ1) is 13.6. The standard InChI is InChI=1S/C15H27N3/c1-12(2)9-14(16)15-10-17-11-18(15)8-7-13-5-3-4-6-13/h10-14H,3-9,16H2,1-2H3. The zero-order valence-electron chi connectivity index (χ0n) is 11.8. The number of imidazole rings is 1. The van der Waals surface area contributed by atoms with Gasteiger partial charge in [-0.3, -0.25) is 0 Å². The van der Waals surface area contributed by atoms with Gasteiger partial charge in [0, 0.05) is 18.8 Å². The average molecular weight is 249 g/mol. The van der Waals surface area contributed by atoms with Crippen molar-refractivity contribution >= 4 is 0 Å². The molecule has 1 aromatic rings. The number of aryl methyl sites for hydroxylation is 1. The van der Waals surface area contributed by atoms with E-state index in [9.17, 15) is 0 Å². The monoisotopic (exact) mass is 249 g/mol. The van der Waals surface area contributed by atoms with Gasteiger partial charge in [0.2, 0.25) is 0 Å². The van der Waals surface area contributed by atoms with E-state index in [1.54, 1.807) is 0 Å². The second kappa shape index (κ2) is 6.37. The first-order chi connectivity index (χ1) is 8.66. The lowest BCUT2D eigenvalue weighted by atomic mass is 10.0. The predicted molar refractivity (Wildman–Crippen MR) is 75.2 cm³/mol. The minimum Gasteiger partial charge on any atom is -0.333 e. The number of nitrogens with zero attached hydrogens (tertiary/aromatic N) is 2. The Kier molecular flexibility index (Phi) is 4.81. The predicted octanol–water partition coefficient (Wildman–Crippen LogP) is 3.51. The van der Waals surface area contributed by atoms with Gasteiger partial charge in [-0.2, -0.15) is 0 Å². The van der Waals surface area contributed by atoms with Crippen molar-refractivity contribution in [2.24, 2.45) is 17.6 Å². The van der Waals surface area contributed by atoms with E-state index >= 15 is 0 Å². The van der Waals surface area contributed by atoms with E-state index in [-0.39, 0.29) is 6.04 Å². The Balaban J connectivity index is 1.90. The Morgan fingerprint density at radius 2 is 2.11 bits per heavy atom. The summed E-state index contributed by atoms with van der Waals surface area (Å²) in [5.74, 6) is 1.57. The summed E-state index contributed by atoms with van der Waals surface area (Å²) in [7, 11) is 0. The van der Waals surface area contributed by atoms with Crippen LogP contribution in [-0.4, -0.2) is 9.55 Å². The molecule has 1 aromatic heterocycles. The molecule has 1 atom stereocenters. The van der Waals surface area contributed by atoms with Gasteiger partial charge in [0.05, 0.1) is 12.0 Å². The summed E-state index contributed by atoms with van der Waals surface area (Å²) in [6.07, 6.45) is 11.9. The normalized spacial score (nSPS) is 18.7. The first-order valence-electron chi connectivity index (χ1n) is 7.42. The highest BCUT2D eigenvalue weighted by molar-refractivity contribution is 5.04. The minimum absolute atomic E-state index is 0.135. The van der Waals surface area contributed by atoms with Crippen molar-refractivity contribution in [3.05, 3.63) is 18.2 Å². The molecule has 1 aliphatic carbocycles. The molecule has 2 N–H and O–H groups in total. The van der Waals surface area contributed by atoms with Crippen LogP contribution in [0.25, 0.3) is 0 Å². The molecule has 3 heteroatoms. The quantitative estimate of drug-likeness (QED) is 0.838. The van der Waals surface area contributed by atoms with Crippen LogP contribution < -0.4 is 5.73 Å². The number of rotatable bonds is 6. The van der Waals surface area contributed by atoms with Gasteiger partial charge in [0.15, 0.2) is 0 Å². The zero-order chi connectivity index (χ0) is 13.0. The maximum absolute atomic E-state index is 6.26. The molecular weight excluding hydrogens is 222 g/mol. The molecule has 0 saturated heterocycles. The molecule has 2 rings (SSSR count). The molecule has 0 radical (unpaired) electrons. The van der Waals surface area contributed by atoms with E-state index in [1.165, 1.54) is 37.8 Å². The van der Waals surface area contributed by atoms with Crippen LogP contribution >= 0.6 is 0 Å². The molecule has 0 amide bonds. The van der Waals surface area contributed by atoms with Crippen LogP contribution in [0.1, 0.15) is 64.1 Å². The van der Waals surface area contributed by atoms with Gasteiger partial charge in [-0.25, -0.2) is 4.98 Å². The maximum atomic E-state index is 6.26. The molecule has 18 heavy (non-hydrogen) atoms. The van der Waals surface area contributed by atoms with Gasteiger partial charge >= 0.3 is 0 Å². The van der Waals surface area contributed by atoms with Crippen LogP contribution in [0.2, 0.25) is 0 Å². The largest absolute Gasteiger partial charge is 0.333 e. The van der Waals surface area contributed by atoms with Crippen molar-refractivity contribution in [2.45, 2.75) is 65.0 Å². The van der Waals surface area contributed by atoms with Crippen LogP contribution in [0, 0.1) is 11.8 Å². The topological polar surface area (TPSA) is 43.8 Å². The lowest BCUT2D eigenvalue weighted by molar-refractivity contribution is 0.434.